The van der Waals surface area contributed by atoms with Gasteiger partial charge in [0.15, 0.2) is 10.7 Å². The number of ether oxygens (including phenoxy) is 1. The molecule has 2 aliphatic carbocycles. The lowest BCUT2D eigenvalue weighted by Gasteiger charge is -2.45. The molecule has 1 amide bonds. The van der Waals surface area contributed by atoms with Crippen LogP contribution in [0.5, 0.6) is 0 Å². The normalized spacial score (nSPS) is 28.6. The van der Waals surface area contributed by atoms with Crippen LogP contribution in [-0.4, -0.2) is 42.5 Å². The van der Waals surface area contributed by atoms with Crippen molar-refractivity contribution in [1.82, 2.24) is 4.90 Å². The van der Waals surface area contributed by atoms with Crippen molar-refractivity contribution < 1.29 is 9.53 Å². The number of benzene rings is 2. The Morgan fingerprint density at radius 3 is 2.47 bits per heavy atom. The van der Waals surface area contributed by atoms with Gasteiger partial charge in [-0.05, 0) is 73.8 Å². The van der Waals surface area contributed by atoms with E-state index in [1.54, 1.807) is 23.8 Å². The minimum absolute atomic E-state index is 0.102. The van der Waals surface area contributed by atoms with E-state index in [0.29, 0.717) is 0 Å². The molecule has 2 aromatic carbocycles. The molecular formula is C27H28N2O2S. The molecule has 1 fully saturated rings. The Labute approximate surface area is 194 Å². The van der Waals surface area contributed by atoms with E-state index in [2.05, 4.69) is 30.0 Å². The quantitative estimate of drug-likeness (QED) is 0.604. The monoisotopic (exact) mass is 444 g/mol. The number of aliphatic imine (C=N–C) groups is 1. The van der Waals surface area contributed by atoms with Gasteiger partial charge >= 0.3 is 0 Å². The first-order valence-corrected chi connectivity index (χ1v) is 12.4. The summed E-state index contributed by atoms with van der Waals surface area (Å²) in [7, 11) is 3.65. The van der Waals surface area contributed by atoms with E-state index in [9.17, 15) is 4.79 Å². The van der Waals surface area contributed by atoms with Crippen molar-refractivity contribution in [3.8, 4) is 11.8 Å². The number of hydrogen-bond donors (Lipinski definition) is 0. The first-order chi connectivity index (χ1) is 15.5. The fourth-order valence-corrected chi connectivity index (χ4v) is 6.39. The third-order valence-electron chi connectivity index (χ3n) is 7.49. The molecule has 0 N–H and O–H groups in total. The number of likely N-dealkylation sites (N-methyl/N-ethyl adjacent to an activating group) is 1. The van der Waals surface area contributed by atoms with Gasteiger partial charge in [-0.3, -0.25) is 9.69 Å². The molecule has 1 aliphatic heterocycles. The standard InChI is InChI=1S/C27H28N2O2S/c1-29-24(30)27(28-25(29)32-3)23-17-20(10-9-19-7-5-4-6-8-19)11-12-21(23)18-26(27)15-13-22(31-2)14-16-26/h4-8,11-12,17,22H,13-16,18H2,1-3H3. The zero-order valence-corrected chi connectivity index (χ0v) is 19.7. The number of fused-ring (bicyclic) bond motifs is 3. The number of nitrogens with zero attached hydrogens (tertiary/aromatic N) is 2. The molecule has 1 unspecified atom stereocenters. The van der Waals surface area contributed by atoms with Crippen molar-refractivity contribution in [1.29, 1.82) is 0 Å². The van der Waals surface area contributed by atoms with Crippen LogP contribution in [0.15, 0.2) is 53.5 Å². The summed E-state index contributed by atoms with van der Waals surface area (Å²) in [6.07, 6.45) is 6.96. The maximum Gasteiger partial charge on any atom is 0.261 e. The molecular weight excluding hydrogens is 416 g/mol. The fourth-order valence-electron chi connectivity index (χ4n) is 5.81. The van der Waals surface area contributed by atoms with Crippen LogP contribution < -0.4 is 0 Å². The van der Waals surface area contributed by atoms with Crippen LogP contribution >= 0.6 is 11.8 Å². The fraction of sp³-hybridized carbons (Fsp3) is 0.407. The van der Waals surface area contributed by atoms with Gasteiger partial charge in [0.1, 0.15) is 0 Å². The molecule has 1 atom stereocenters. The van der Waals surface area contributed by atoms with Crippen molar-refractivity contribution in [2.75, 3.05) is 20.4 Å². The summed E-state index contributed by atoms with van der Waals surface area (Å²) in [5.41, 5.74) is 3.15. The summed E-state index contributed by atoms with van der Waals surface area (Å²) in [5, 5.41) is 0.803. The maximum absolute atomic E-state index is 13.9. The number of rotatable bonds is 1. The lowest BCUT2D eigenvalue weighted by Crippen LogP contribution is -2.51. The number of hydrogen-bond acceptors (Lipinski definition) is 4. The van der Waals surface area contributed by atoms with Gasteiger partial charge in [-0.1, -0.05) is 47.9 Å². The Bertz CT molecular complexity index is 1140. The van der Waals surface area contributed by atoms with Crippen molar-refractivity contribution in [3.63, 3.8) is 0 Å². The largest absolute Gasteiger partial charge is 0.381 e. The molecule has 164 valence electrons. The van der Waals surface area contributed by atoms with Gasteiger partial charge < -0.3 is 4.74 Å². The van der Waals surface area contributed by atoms with E-state index < -0.39 is 5.54 Å². The molecule has 5 rings (SSSR count). The van der Waals surface area contributed by atoms with Crippen molar-refractivity contribution >= 4 is 22.8 Å². The highest BCUT2D eigenvalue weighted by atomic mass is 32.2. The number of carbonyl (C=O) groups excluding carboxylic acids is 1. The predicted molar refractivity (Wildman–Crippen MR) is 130 cm³/mol. The second-order valence-electron chi connectivity index (χ2n) is 9.05. The highest BCUT2D eigenvalue weighted by molar-refractivity contribution is 8.13. The third-order valence-corrected chi connectivity index (χ3v) is 8.22. The molecule has 0 bridgehead atoms. The van der Waals surface area contributed by atoms with Crippen molar-refractivity contribution in [2.24, 2.45) is 10.4 Å². The minimum Gasteiger partial charge on any atom is -0.381 e. The molecule has 0 radical (unpaired) electrons. The van der Waals surface area contributed by atoms with E-state index in [4.69, 9.17) is 9.73 Å². The molecule has 32 heavy (non-hydrogen) atoms. The second-order valence-corrected chi connectivity index (χ2v) is 9.83. The Morgan fingerprint density at radius 1 is 1.09 bits per heavy atom. The number of amidine groups is 1. The molecule has 3 aliphatic rings. The van der Waals surface area contributed by atoms with Gasteiger partial charge in [0.2, 0.25) is 0 Å². The van der Waals surface area contributed by atoms with Gasteiger partial charge in [0, 0.05) is 30.7 Å². The van der Waals surface area contributed by atoms with Crippen molar-refractivity contribution in [2.45, 2.75) is 43.7 Å². The molecule has 4 nitrogen and oxygen atoms in total. The molecule has 2 spiro atoms. The van der Waals surface area contributed by atoms with Crippen molar-refractivity contribution in [3.05, 3.63) is 70.8 Å². The van der Waals surface area contributed by atoms with E-state index in [1.807, 2.05) is 43.6 Å². The minimum atomic E-state index is -0.849. The smallest absolute Gasteiger partial charge is 0.261 e. The van der Waals surface area contributed by atoms with E-state index in [-0.39, 0.29) is 17.4 Å². The highest BCUT2D eigenvalue weighted by Gasteiger charge is 2.66. The SMILES string of the molecule is COC1CCC2(CC1)Cc1ccc(C#Cc3ccccc3)cc1C21N=C(SC)N(C)C1=O. The molecule has 0 saturated heterocycles. The van der Waals surface area contributed by atoms with Gasteiger partial charge in [0.25, 0.3) is 5.91 Å². The van der Waals surface area contributed by atoms with Crippen LogP contribution in [0.25, 0.3) is 0 Å². The average molecular weight is 445 g/mol. The summed E-state index contributed by atoms with van der Waals surface area (Å²) in [5.74, 6) is 6.66. The molecule has 1 heterocycles. The Balaban J connectivity index is 1.62. The topological polar surface area (TPSA) is 41.9 Å². The molecule has 2 aromatic rings. The Hall–Kier alpha value is -2.55. The zero-order chi connectivity index (χ0) is 22.3. The summed E-state index contributed by atoms with van der Waals surface area (Å²) >= 11 is 1.55. The molecule has 5 heteroatoms. The van der Waals surface area contributed by atoms with Gasteiger partial charge in [0.05, 0.1) is 6.10 Å². The summed E-state index contributed by atoms with van der Waals surface area (Å²) in [6.45, 7) is 0. The van der Waals surface area contributed by atoms with Gasteiger partial charge in [-0.15, -0.1) is 0 Å². The van der Waals surface area contributed by atoms with Crippen LogP contribution in [-0.2, 0) is 21.5 Å². The average Bonchev–Trinajstić information content (AvgIpc) is 3.25. The first-order valence-electron chi connectivity index (χ1n) is 11.2. The van der Waals surface area contributed by atoms with E-state index in [1.165, 1.54) is 5.56 Å². The second kappa shape index (κ2) is 8.10. The number of methoxy groups -OCH3 is 1. The summed E-state index contributed by atoms with van der Waals surface area (Å²) in [6, 6.07) is 16.4. The lowest BCUT2D eigenvalue weighted by molar-refractivity contribution is -0.137. The van der Waals surface area contributed by atoms with Gasteiger partial charge in [-0.2, -0.15) is 0 Å². The maximum atomic E-state index is 13.9. The van der Waals surface area contributed by atoms with E-state index >= 15 is 0 Å². The lowest BCUT2D eigenvalue weighted by atomic mass is 9.61. The predicted octanol–water partition coefficient (Wildman–Crippen LogP) is 4.60. The summed E-state index contributed by atoms with van der Waals surface area (Å²) in [4.78, 5) is 20.9. The van der Waals surface area contributed by atoms with E-state index in [0.717, 1.165) is 54.0 Å². The zero-order valence-electron chi connectivity index (χ0n) is 18.9. The molecule has 1 saturated carbocycles. The first kappa shape index (κ1) is 21.3. The summed E-state index contributed by atoms with van der Waals surface area (Å²) < 4.78 is 5.65. The number of amides is 1. The third kappa shape index (κ3) is 3.12. The number of thioether (sulfide) groups is 1. The van der Waals surface area contributed by atoms with Gasteiger partial charge in [-0.25, -0.2) is 4.99 Å². The van der Waals surface area contributed by atoms with Crippen LogP contribution in [0, 0.1) is 17.3 Å². The Kier molecular flexibility index (Phi) is 5.39. The van der Waals surface area contributed by atoms with Crippen LogP contribution in [0.4, 0.5) is 0 Å². The molecule has 0 aromatic heterocycles. The Morgan fingerprint density at radius 2 is 1.81 bits per heavy atom. The van der Waals surface area contributed by atoms with Crippen LogP contribution in [0.3, 0.4) is 0 Å². The number of carbonyl (C=O) groups is 1. The van der Waals surface area contributed by atoms with Crippen LogP contribution in [0.2, 0.25) is 0 Å². The highest BCUT2D eigenvalue weighted by Crippen LogP contribution is 2.62. The van der Waals surface area contributed by atoms with Crippen LogP contribution in [0.1, 0.15) is 47.9 Å².